The van der Waals surface area contributed by atoms with Gasteiger partial charge in [0.25, 0.3) is 5.91 Å². The fourth-order valence-corrected chi connectivity index (χ4v) is 4.09. The number of aliphatic hydroxyl groups is 1. The Bertz CT molecular complexity index is 1030. The highest BCUT2D eigenvalue weighted by Gasteiger charge is 2.49. The van der Waals surface area contributed by atoms with E-state index < -0.39 is 5.72 Å². The lowest BCUT2D eigenvalue weighted by atomic mass is 9.89. The third-order valence-electron chi connectivity index (χ3n) is 5.66. The zero-order valence-corrected chi connectivity index (χ0v) is 19.3. The lowest BCUT2D eigenvalue weighted by Crippen LogP contribution is -2.43. The number of allylic oxidation sites excluding steroid dienone is 2. The summed E-state index contributed by atoms with van der Waals surface area (Å²) in [7, 11) is 0. The zero-order chi connectivity index (χ0) is 23.3. The van der Waals surface area contributed by atoms with Gasteiger partial charge in [-0.25, -0.2) is 0 Å². The summed E-state index contributed by atoms with van der Waals surface area (Å²) in [5.74, 6) is -0.258. The molecule has 168 valence electrons. The molecule has 1 aliphatic rings. The Kier molecular flexibility index (Phi) is 7.31. The molecule has 2 N–H and O–H groups in total. The van der Waals surface area contributed by atoms with Crippen LogP contribution in [0.1, 0.15) is 50.0 Å². The molecule has 0 saturated carbocycles. The van der Waals surface area contributed by atoms with Gasteiger partial charge < -0.3 is 15.3 Å². The van der Waals surface area contributed by atoms with E-state index in [1.807, 2.05) is 69.0 Å². The topological polar surface area (TPSA) is 69.6 Å². The lowest BCUT2D eigenvalue weighted by molar-refractivity contribution is -0.117. The number of nitrogens with one attached hydrogen (secondary N) is 1. The van der Waals surface area contributed by atoms with Gasteiger partial charge in [-0.2, -0.15) is 0 Å². The van der Waals surface area contributed by atoms with E-state index in [4.69, 9.17) is 0 Å². The smallest absolute Gasteiger partial charge is 0.253 e. The van der Waals surface area contributed by atoms with E-state index in [-0.39, 0.29) is 17.6 Å². The molecule has 5 heteroatoms. The normalized spacial score (nSPS) is 19.7. The fraction of sp³-hybridized carbons (Fsp3) is 0.333. The molecular formula is C27H32N2O3. The fourth-order valence-electron chi connectivity index (χ4n) is 4.09. The summed E-state index contributed by atoms with van der Waals surface area (Å²) in [5, 5.41) is 15.1. The first-order valence-electron chi connectivity index (χ1n) is 11.2. The molecule has 0 fully saturated rings. The van der Waals surface area contributed by atoms with Crippen LogP contribution in [0.25, 0.3) is 0 Å². The molecule has 1 unspecified atom stereocenters. The maximum atomic E-state index is 13.3. The van der Waals surface area contributed by atoms with E-state index in [9.17, 15) is 14.7 Å². The largest absolute Gasteiger partial charge is 0.363 e. The molecule has 0 radical (unpaired) electrons. The van der Waals surface area contributed by atoms with E-state index in [0.717, 1.165) is 6.42 Å². The number of hydrogen-bond donors (Lipinski definition) is 2. The Morgan fingerprint density at radius 1 is 1.06 bits per heavy atom. The number of amides is 1. The van der Waals surface area contributed by atoms with Crippen molar-refractivity contribution in [2.75, 3.05) is 13.1 Å². The van der Waals surface area contributed by atoms with Crippen molar-refractivity contribution < 1.29 is 14.7 Å². The van der Waals surface area contributed by atoms with Crippen molar-refractivity contribution in [3.63, 3.8) is 0 Å². The van der Waals surface area contributed by atoms with E-state index in [1.54, 1.807) is 24.3 Å². The van der Waals surface area contributed by atoms with Gasteiger partial charge in [-0.1, -0.05) is 81.4 Å². The summed E-state index contributed by atoms with van der Waals surface area (Å²) in [5.41, 5.74) is 0.831. The van der Waals surface area contributed by atoms with Crippen LogP contribution in [-0.2, 0) is 10.5 Å². The van der Waals surface area contributed by atoms with Crippen molar-refractivity contribution in [2.24, 2.45) is 5.92 Å². The molecule has 1 heterocycles. The Morgan fingerprint density at radius 3 is 2.22 bits per heavy atom. The number of carbonyl (C=O) groups is 2. The van der Waals surface area contributed by atoms with Crippen LogP contribution in [0.4, 0.5) is 0 Å². The average molecular weight is 433 g/mol. The molecule has 1 atom stereocenters. The van der Waals surface area contributed by atoms with Gasteiger partial charge in [0.2, 0.25) is 0 Å². The van der Waals surface area contributed by atoms with Crippen molar-refractivity contribution in [3.8, 4) is 0 Å². The highest BCUT2D eigenvalue weighted by Crippen LogP contribution is 2.47. The van der Waals surface area contributed by atoms with Crippen molar-refractivity contribution in [3.05, 3.63) is 94.7 Å². The first-order valence-corrected chi connectivity index (χ1v) is 11.2. The highest BCUT2D eigenvalue weighted by atomic mass is 16.3. The van der Waals surface area contributed by atoms with Crippen LogP contribution in [0, 0.1) is 5.92 Å². The molecule has 0 saturated heterocycles. The minimum absolute atomic E-state index is 0.254. The third kappa shape index (κ3) is 4.53. The molecule has 32 heavy (non-hydrogen) atoms. The Labute approximate surface area is 190 Å². The van der Waals surface area contributed by atoms with Crippen molar-refractivity contribution in [1.82, 2.24) is 10.2 Å². The molecule has 3 rings (SSSR count). The molecule has 0 aliphatic carbocycles. The quantitative estimate of drug-likeness (QED) is 0.479. The summed E-state index contributed by atoms with van der Waals surface area (Å²) >= 11 is 0. The predicted octanol–water partition coefficient (Wildman–Crippen LogP) is 4.41. The third-order valence-corrected chi connectivity index (χ3v) is 5.66. The van der Waals surface area contributed by atoms with Gasteiger partial charge in [-0.3, -0.25) is 9.59 Å². The maximum absolute atomic E-state index is 13.3. The molecule has 2 aromatic carbocycles. The molecule has 5 nitrogen and oxygen atoms in total. The van der Waals surface area contributed by atoms with Gasteiger partial charge in [0.05, 0.1) is 5.57 Å². The average Bonchev–Trinajstić information content (AvgIpc) is 3.01. The number of rotatable bonds is 8. The van der Waals surface area contributed by atoms with Crippen LogP contribution < -0.4 is 5.32 Å². The van der Waals surface area contributed by atoms with E-state index >= 15 is 0 Å². The van der Waals surface area contributed by atoms with Crippen LogP contribution in [0.5, 0.6) is 0 Å². The Hall–Kier alpha value is -3.18. The van der Waals surface area contributed by atoms with E-state index in [1.165, 1.54) is 6.08 Å². The molecule has 2 aromatic rings. The monoisotopic (exact) mass is 432 g/mol. The molecule has 0 bridgehead atoms. The van der Waals surface area contributed by atoms with Gasteiger partial charge in [0, 0.05) is 35.5 Å². The number of hydrogen-bond acceptors (Lipinski definition) is 4. The summed E-state index contributed by atoms with van der Waals surface area (Å²) < 4.78 is 0. The maximum Gasteiger partial charge on any atom is 0.253 e. The number of ketones is 1. The van der Waals surface area contributed by atoms with Gasteiger partial charge in [-0.15, -0.1) is 0 Å². The van der Waals surface area contributed by atoms with Crippen molar-refractivity contribution in [1.29, 1.82) is 0 Å². The minimum atomic E-state index is -1.61. The Morgan fingerprint density at radius 2 is 1.66 bits per heavy atom. The zero-order valence-electron chi connectivity index (χ0n) is 19.3. The molecular weight excluding hydrogens is 400 g/mol. The van der Waals surface area contributed by atoms with Gasteiger partial charge >= 0.3 is 0 Å². The van der Waals surface area contributed by atoms with Crippen LogP contribution in [0.15, 0.2) is 83.6 Å². The van der Waals surface area contributed by atoms with Crippen LogP contribution >= 0.6 is 0 Å². The van der Waals surface area contributed by atoms with E-state index in [0.29, 0.717) is 41.1 Å². The minimum Gasteiger partial charge on any atom is -0.363 e. The second-order valence-corrected chi connectivity index (χ2v) is 8.54. The summed E-state index contributed by atoms with van der Waals surface area (Å²) in [6.07, 6.45) is 2.19. The van der Waals surface area contributed by atoms with Crippen LogP contribution in [0.3, 0.4) is 0 Å². The number of benzene rings is 2. The molecule has 0 aromatic heterocycles. The first kappa shape index (κ1) is 23.5. The number of carbonyl (C=O) groups excluding carboxylic acids is 2. The molecule has 1 amide bonds. The number of nitrogens with zero attached hydrogens (tertiary/aromatic N) is 1. The van der Waals surface area contributed by atoms with Gasteiger partial charge in [-0.05, 0) is 25.3 Å². The summed E-state index contributed by atoms with van der Waals surface area (Å²) in [6, 6.07) is 18.1. The predicted molar refractivity (Wildman–Crippen MR) is 127 cm³/mol. The first-order chi connectivity index (χ1) is 15.3. The second-order valence-electron chi connectivity index (χ2n) is 8.54. The van der Waals surface area contributed by atoms with Gasteiger partial charge in [0.1, 0.15) is 0 Å². The van der Waals surface area contributed by atoms with Crippen LogP contribution in [-0.4, -0.2) is 34.8 Å². The SMILES string of the molecule is CCCN1C(C)=C(C(=O)NCC(C)C)/C(=C/C(=O)c2ccccc2)C1(O)c1ccccc1. The standard InChI is InChI=1S/C27H32N2O3/c1-5-16-29-20(4)25(26(31)28-18-19(2)3)23(17-24(30)21-12-8-6-9-13-21)27(29,32)22-14-10-7-11-15-22/h6-15,17,19,32H,5,16,18H2,1-4H3,(H,28,31)/b23-17-. The highest BCUT2D eigenvalue weighted by molar-refractivity contribution is 6.08. The van der Waals surface area contributed by atoms with Crippen molar-refractivity contribution >= 4 is 11.7 Å². The molecule has 0 spiro atoms. The second kappa shape index (κ2) is 9.96. The molecule has 1 aliphatic heterocycles. The van der Waals surface area contributed by atoms with Crippen LogP contribution in [0.2, 0.25) is 0 Å². The Balaban J connectivity index is 2.19. The summed E-state index contributed by atoms with van der Waals surface area (Å²) in [4.78, 5) is 28.3. The lowest BCUT2D eigenvalue weighted by Gasteiger charge is -2.38. The van der Waals surface area contributed by atoms with E-state index in [2.05, 4.69) is 5.32 Å². The summed E-state index contributed by atoms with van der Waals surface area (Å²) in [6.45, 7) is 8.95. The van der Waals surface area contributed by atoms with Crippen molar-refractivity contribution in [2.45, 2.75) is 39.8 Å². The van der Waals surface area contributed by atoms with Gasteiger partial charge in [0.15, 0.2) is 11.5 Å².